The summed E-state index contributed by atoms with van der Waals surface area (Å²) in [7, 11) is 0. The van der Waals surface area contributed by atoms with Crippen LogP contribution in [0, 0.1) is 19.7 Å². The maximum Gasteiger partial charge on any atom is 0.340 e. The second-order valence-electron chi connectivity index (χ2n) is 6.43. The molecule has 0 atom stereocenters. The zero-order valence-corrected chi connectivity index (χ0v) is 15.8. The molecule has 0 aliphatic rings. The second kappa shape index (κ2) is 7.67. The fourth-order valence-corrected chi connectivity index (χ4v) is 3.09. The average molecular weight is 392 g/mol. The summed E-state index contributed by atoms with van der Waals surface area (Å²) < 4.78 is 25.5. The van der Waals surface area contributed by atoms with E-state index in [1.54, 1.807) is 49.6 Å². The number of halogens is 1. The van der Waals surface area contributed by atoms with Gasteiger partial charge in [0.2, 0.25) is 5.82 Å². The minimum atomic E-state index is -0.507. The molecule has 146 valence electrons. The van der Waals surface area contributed by atoms with E-state index in [0.29, 0.717) is 22.6 Å². The predicted octanol–water partition coefficient (Wildman–Crippen LogP) is 4.04. The van der Waals surface area contributed by atoms with Gasteiger partial charge in [-0.1, -0.05) is 5.16 Å². The van der Waals surface area contributed by atoms with Crippen LogP contribution in [0.4, 0.5) is 4.39 Å². The van der Waals surface area contributed by atoms with Gasteiger partial charge in [-0.3, -0.25) is 4.98 Å². The van der Waals surface area contributed by atoms with E-state index >= 15 is 0 Å². The molecule has 4 aromatic rings. The quantitative estimate of drug-likeness (QED) is 0.477. The number of esters is 1. The molecule has 0 unspecified atom stereocenters. The molecule has 0 bridgehead atoms. The van der Waals surface area contributed by atoms with Gasteiger partial charge in [0.05, 0.1) is 5.56 Å². The SMILES string of the molecule is Cc1cc(C(=O)OCc2nc(-c3cccnc3)no2)c(C)n1-c1ccc(F)cc1. The van der Waals surface area contributed by atoms with Crippen molar-refractivity contribution < 1.29 is 18.4 Å². The molecule has 0 radical (unpaired) electrons. The highest BCUT2D eigenvalue weighted by atomic mass is 19.1. The van der Waals surface area contributed by atoms with Crippen LogP contribution in [-0.2, 0) is 11.3 Å². The lowest BCUT2D eigenvalue weighted by Crippen LogP contribution is -2.07. The Morgan fingerprint density at radius 2 is 2.00 bits per heavy atom. The molecule has 0 aliphatic carbocycles. The van der Waals surface area contributed by atoms with Crippen LogP contribution >= 0.6 is 0 Å². The van der Waals surface area contributed by atoms with Crippen LogP contribution in [0.15, 0.2) is 59.4 Å². The zero-order chi connectivity index (χ0) is 20.4. The first kappa shape index (κ1) is 18.5. The number of nitrogens with zero attached hydrogens (tertiary/aromatic N) is 4. The molecule has 0 fully saturated rings. The van der Waals surface area contributed by atoms with E-state index in [9.17, 15) is 9.18 Å². The smallest absolute Gasteiger partial charge is 0.340 e. The molecule has 8 heteroatoms. The van der Waals surface area contributed by atoms with Crippen LogP contribution in [0.25, 0.3) is 17.1 Å². The van der Waals surface area contributed by atoms with Crippen molar-refractivity contribution in [2.75, 3.05) is 0 Å². The number of carbonyl (C=O) groups is 1. The Bertz CT molecular complexity index is 1150. The normalized spacial score (nSPS) is 10.9. The molecule has 29 heavy (non-hydrogen) atoms. The number of aromatic nitrogens is 4. The molecule has 3 aromatic heterocycles. The van der Waals surface area contributed by atoms with Crippen molar-refractivity contribution in [3.63, 3.8) is 0 Å². The maximum atomic E-state index is 13.2. The predicted molar refractivity (Wildman–Crippen MR) is 102 cm³/mol. The summed E-state index contributed by atoms with van der Waals surface area (Å²) in [5.74, 6) is -0.267. The number of ether oxygens (including phenoxy) is 1. The molecular weight excluding hydrogens is 375 g/mol. The minimum absolute atomic E-state index is 0.147. The fourth-order valence-electron chi connectivity index (χ4n) is 3.09. The molecule has 4 rings (SSSR count). The Hall–Kier alpha value is -3.81. The largest absolute Gasteiger partial charge is 0.452 e. The Kier molecular flexibility index (Phi) is 4.90. The van der Waals surface area contributed by atoms with Crippen molar-refractivity contribution >= 4 is 5.97 Å². The van der Waals surface area contributed by atoms with Crippen LogP contribution in [-0.4, -0.2) is 25.7 Å². The minimum Gasteiger partial charge on any atom is -0.452 e. The molecule has 0 saturated carbocycles. The first-order valence-corrected chi connectivity index (χ1v) is 8.88. The molecule has 0 spiro atoms. The van der Waals surface area contributed by atoms with Gasteiger partial charge in [-0.2, -0.15) is 4.98 Å². The van der Waals surface area contributed by atoms with Gasteiger partial charge in [0.15, 0.2) is 6.61 Å². The van der Waals surface area contributed by atoms with Crippen molar-refractivity contribution in [1.82, 2.24) is 19.7 Å². The van der Waals surface area contributed by atoms with E-state index in [-0.39, 0.29) is 18.3 Å². The number of benzene rings is 1. The van der Waals surface area contributed by atoms with Gasteiger partial charge in [-0.25, -0.2) is 9.18 Å². The van der Waals surface area contributed by atoms with Crippen LogP contribution in [0.1, 0.15) is 27.6 Å². The molecule has 0 N–H and O–H groups in total. The summed E-state index contributed by atoms with van der Waals surface area (Å²) in [6.45, 7) is 3.53. The summed E-state index contributed by atoms with van der Waals surface area (Å²) >= 11 is 0. The van der Waals surface area contributed by atoms with E-state index in [2.05, 4.69) is 15.1 Å². The zero-order valence-electron chi connectivity index (χ0n) is 15.8. The van der Waals surface area contributed by atoms with E-state index in [1.807, 2.05) is 11.5 Å². The third kappa shape index (κ3) is 3.77. The number of hydrogen-bond acceptors (Lipinski definition) is 6. The van der Waals surface area contributed by atoms with Gasteiger partial charge in [0, 0.05) is 35.0 Å². The maximum absolute atomic E-state index is 13.2. The lowest BCUT2D eigenvalue weighted by atomic mass is 10.2. The highest BCUT2D eigenvalue weighted by Gasteiger charge is 2.19. The van der Waals surface area contributed by atoms with Crippen LogP contribution in [0.3, 0.4) is 0 Å². The van der Waals surface area contributed by atoms with Crippen molar-refractivity contribution in [3.8, 4) is 17.1 Å². The van der Waals surface area contributed by atoms with Gasteiger partial charge in [-0.15, -0.1) is 0 Å². The molecular formula is C21H17FN4O3. The van der Waals surface area contributed by atoms with E-state index in [4.69, 9.17) is 9.26 Å². The van der Waals surface area contributed by atoms with E-state index < -0.39 is 5.97 Å². The summed E-state index contributed by atoms with van der Waals surface area (Å²) in [4.78, 5) is 20.8. The lowest BCUT2D eigenvalue weighted by molar-refractivity contribution is 0.0429. The van der Waals surface area contributed by atoms with Gasteiger partial charge in [0.25, 0.3) is 5.89 Å². The van der Waals surface area contributed by atoms with E-state index in [1.165, 1.54) is 12.1 Å². The second-order valence-corrected chi connectivity index (χ2v) is 6.43. The number of aryl methyl sites for hydroxylation is 1. The molecule has 1 aromatic carbocycles. The fraction of sp³-hybridized carbons (Fsp3) is 0.143. The van der Waals surface area contributed by atoms with Crippen LogP contribution < -0.4 is 0 Å². The Labute approximate surface area is 165 Å². The van der Waals surface area contributed by atoms with Crippen molar-refractivity contribution in [1.29, 1.82) is 0 Å². The number of pyridine rings is 1. The molecule has 0 aliphatic heterocycles. The first-order valence-electron chi connectivity index (χ1n) is 8.88. The Balaban J connectivity index is 1.49. The van der Waals surface area contributed by atoms with Gasteiger partial charge >= 0.3 is 5.97 Å². The molecule has 0 saturated heterocycles. The standard InChI is InChI=1S/C21H17FN4O3/c1-13-10-18(14(2)26(13)17-7-5-16(22)6-8-17)21(27)28-12-19-24-20(25-29-19)15-4-3-9-23-11-15/h3-11H,12H2,1-2H3. The van der Waals surface area contributed by atoms with Gasteiger partial charge < -0.3 is 13.8 Å². The third-order valence-corrected chi connectivity index (χ3v) is 4.45. The third-order valence-electron chi connectivity index (χ3n) is 4.45. The Morgan fingerprint density at radius 1 is 1.21 bits per heavy atom. The number of rotatable bonds is 5. The number of hydrogen-bond donors (Lipinski definition) is 0. The van der Waals surface area contributed by atoms with Crippen LogP contribution in [0.2, 0.25) is 0 Å². The molecule has 0 amide bonds. The molecule has 7 nitrogen and oxygen atoms in total. The first-order chi connectivity index (χ1) is 14.0. The summed E-state index contributed by atoms with van der Waals surface area (Å²) in [6, 6.07) is 11.4. The van der Waals surface area contributed by atoms with Gasteiger partial charge in [-0.05, 0) is 56.3 Å². The average Bonchev–Trinajstić information content (AvgIpc) is 3.32. The number of carbonyl (C=O) groups excluding carboxylic acids is 1. The highest BCUT2D eigenvalue weighted by molar-refractivity contribution is 5.91. The highest BCUT2D eigenvalue weighted by Crippen LogP contribution is 2.22. The molecule has 3 heterocycles. The van der Waals surface area contributed by atoms with Crippen LogP contribution in [0.5, 0.6) is 0 Å². The topological polar surface area (TPSA) is 83.0 Å². The monoisotopic (exact) mass is 392 g/mol. The summed E-state index contributed by atoms with van der Waals surface area (Å²) in [5.41, 5.74) is 3.41. The summed E-state index contributed by atoms with van der Waals surface area (Å²) in [5, 5.41) is 3.87. The van der Waals surface area contributed by atoms with Gasteiger partial charge in [0.1, 0.15) is 5.82 Å². The van der Waals surface area contributed by atoms with E-state index in [0.717, 1.165) is 11.4 Å². The lowest BCUT2D eigenvalue weighted by Gasteiger charge is -2.09. The van der Waals surface area contributed by atoms with Crippen molar-refractivity contribution in [2.24, 2.45) is 0 Å². The summed E-state index contributed by atoms with van der Waals surface area (Å²) in [6.07, 6.45) is 3.26. The van der Waals surface area contributed by atoms with Crippen molar-refractivity contribution in [2.45, 2.75) is 20.5 Å². The Morgan fingerprint density at radius 3 is 2.72 bits per heavy atom. The van der Waals surface area contributed by atoms with Crippen molar-refractivity contribution in [3.05, 3.63) is 83.5 Å².